The Morgan fingerprint density at radius 1 is 0.933 bits per heavy atom. The van der Waals surface area contributed by atoms with Gasteiger partial charge in [0.05, 0.1) is 20.4 Å². The number of rotatable bonds is 0. The fourth-order valence-corrected chi connectivity index (χ4v) is 4.09. The lowest BCUT2D eigenvalue weighted by Gasteiger charge is -2.23. The largest absolute Gasteiger partial charge is 0.334 e. The van der Waals surface area contributed by atoms with E-state index < -0.39 is 0 Å². The van der Waals surface area contributed by atoms with E-state index in [4.69, 9.17) is 0 Å². The molecule has 3 aromatic rings. The highest BCUT2D eigenvalue weighted by molar-refractivity contribution is 7.25. The second kappa shape index (κ2) is 2.86. The molecule has 0 amide bonds. The number of thiophene rings is 2. The highest BCUT2D eigenvalue weighted by Gasteiger charge is 2.21. The lowest BCUT2D eigenvalue weighted by atomic mass is 10.1. The van der Waals surface area contributed by atoms with Gasteiger partial charge in [0.15, 0.2) is 0 Å². The van der Waals surface area contributed by atoms with Crippen molar-refractivity contribution in [3.05, 3.63) is 22.9 Å². The van der Waals surface area contributed by atoms with E-state index in [0.717, 1.165) is 0 Å². The molecule has 0 atom stereocenters. The van der Waals surface area contributed by atoms with Crippen LogP contribution >= 0.6 is 22.7 Å². The topological polar surface area (TPSA) is 4.93 Å². The molecule has 3 rings (SSSR count). The van der Waals surface area contributed by atoms with Crippen molar-refractivity contribution in [3.8, 4) is 0 Å². The van der Waals surface area contributed by atoms with Crippen LogP contribution < -0.4 is 0 Å². The van der Waals surface area contributed by atoms with E-state index in [0.29, 0.717) is 0 Å². The van der Waals surface area contributed by atoms with Crippen LogP contribution in [0.1, 0.15) is 20.8 Å². The summed E-state index contributed by atoms with van der Waals surface area (Å²) in [4.78, 5) is 0. The normalized spacial score (nSPS) is 13.0. The van der Waals surface area contributed by atoms with Crippen molar-refractivity contribution in [3.63, 3.8) is 0 Å². The molecule has 78 valence electrons. The SMILES string of the molecule is CC(C)(C)n1c2ccsc2c2sccc21. The summed E-state index contributed by atoms with van der Waals surface area (Å²) in [7, 11) is 0. The van der Waals surface area contributed by atoms with Gasteiger partial charge in [-0.25, -0.2) is 0 Å². The van der Waals surface area contributed by atoms with Gasteiger partial charge in [0.2, 0.25) is 0 Å². The van der Waals surface area contributed by atoms with Crippen molar-refractivity contribution in [1.82, 2.24) is 4.57 Å². The highest BCUT2D eigenvalue weighted by atomic mass is 32.1. The molecule has 0 unspecified atom stereocenters. The molecule has 0 fully saturated rings. The average Bonchev–Trinajstić information content (AvgIpc) is 2.67. The van der Waals surface area contributed by atoms with Gasteiger partial charge in [-0.15, -0.1) is 22.7 Å². The fraction of sp³-hybridized carbons (Fsp3) is 0.333. The van der Waals surface area contributed by atoms with Gasteiger partial charge in [-0.1, -0.05) is 0 Å². The molecule has 1 nitrogen and oxygen atoms in total. The smallest absolute Gasteiger partial charge is 0.0701 e. The maximum absolute atomic E-state index is 2.45. The van der Waals surface area contributed by atoms with E-state index in [2.05, 4.69) is 48.2 Å². The summed E-state index contributed by atoms with van der Waals surface area (Å²) in [5.41, 5.74) is 2.92. The van der Waals surface area contributed by atoms with E-state index >= 15 is 0 Å². The second-order valence-corrected chi connectivity index (χ2v) is 6.61. The standard InChI is InChI=1S/C12H13NS2/c1-12(2,3)13-8-4-6-14-10(8)11-9(13)5-7-15-11/h4-7H,1-3H3. The predicted molar refractivity (Wildman–Crippen MR) is 70.2 cm³/mol. The van der Waals surface area contributed by atoms with Gasteiger partial charge in [-0.3, -0.25) is 0 Å². The van der Waals surface area contributed by atoms with Crippen LogP contribution in [0.4, 0.5) is 0 Å². The molecular formula is C12H13NS2. The first-order valence-corrected chi connectivity index (χ1v) is 6.80. The lowest BCUT2D eigenvalue weighted by Crippen LogP contribution is -2.20. The molecule has 0 aliphatic carbocycles. The number of hydrogen-bond donors (Lipinski definition) is 0. The van der Waals surface area contributed by atoms with E-state index in [1.54, 1.807) is 0 Å². The zero-order valence-corrected chi connectivity index (χ0v) is 10.7. The van der Waals surface area contributed by atoms with Crippen LogP contribution in [-0.2, 0) is 5.54 Å². The minimum atomic E-state index is 0.155. The summed E-state index contributed by atoms with van der Waals surface area (Å²) in [6.07, 6.45) is 0. The summed E-state index contributed by atoms with van der Waals surface area (Å²) < 4.78 is 5.33. The molecule has 0 bridgehead atoms. The van der Waals surface area contributed by atoms with Gasteiger partial charge in [0, 0.05) is 5.54 Å². The summed E-state index contributed by atoms with van der Waals surface area (Å²) in [6, 6.07) is 4.47. The first-order valence-electron chi connectivity index (χ1n) is 5.04. The van der Waals surface area contributed by atoms with Crippen molar-refractivity contribution in [2.45, 2.75) is 26.3 Å². The highest BCUT2D eigenvalue weighted by Crippen LogP contribution is 2.39. The van der Waals surface area contributed by atoms with Crippen LogP contribution in [0.5, 0.6) is 0 Å². The Morgan fingerprint density at radius 2 is 1.40 bits per heavy atom. The van der Waals surface area contributed by atoms with Crippen LogP contribution in [0.25, 0.3) is 20.4 Å². The number of fused-ring (bicyclic) bond motifs is 3. The van der Waals surface area contributed by atoms with Gasteiger partial charge in [-0.05, 0) is 43.7 Å². The zero-order valence-electron chi connectivity index (χ0n) is 9.07. The van der Waals surface area contributed by atoms with E-state index in [1.165, 1.54) is 20.4 Å². The van der Waals surface area contributed by atoms with Gasteiger partial charge in [0.25, 0.3) is 0 Å². The molecular weight excluding hydrogens is 222 g/mol. The third-order valence-electron chi connectivity index (χ3n) is 2.65. The van der Waals surface area contributed by atoms with Crippen LogP contribution in [0.2, 0.25) is 0 Å². The molecule has 3 aromatic heterocycles. The predicted octanol–water partition coefficient (Wildman–Crippen LogP) is 4.67. The molecule has 3 heterocycles. The van der Waals surface area contributed by atoms with Crippen LogP contribution in [0.15, 0.2) is 22.9 Å². The average molecular weight is 235 g/mol. The third-order valence-corrected chi connectivity index (χ3v) is 4.62. The number of aromatic nitrogens is 1. The fourth-order valence-electron chi connectivity index (χ4n) is 2.15. The summed E-state index contributed by atoms with van der Waals surface area (Å²) in [5.74, 6) is 0. The molecule has 0 radical (unpaired) electrons. The summed E-state index contributed by atoms with van der Waals surface area (Å²) >= 11 is 3.70. The Morgan fingerprint density at radius 3 is 1.80 bits per heavy atom. The van der Waals surface area contributed by atoms with E-state index in [1.807, 2.05) is 22.7 Å². The molecule has 0 N–H and O–H groups in total. The lowest BCUT2D eigenvalue weighted by molar-refractivity contribution is 0.423. The van der Waals surface area contributed by atoms with Crippen LogP contribution in [-0.4, -0.2) is 4.57 Å². The Kier molecular flexibility index (Phi) is 1.80. The van der Waals surface area contributed by atoms with E-state index in [9.17, 15) is 0 Å². The number of nitrogens with zero attached hydrogens (tertiary/aromatic N) is 1. The Labute approximate surface area is 97.0 Å². The Hall–Kier alpha value is -0.800. The van der Waals surface area contributed by atoms with Crippen molar-refractivity contribution in [2.24, 2.45) is 0 Å². The summed E-state index contributed by atoms with van der Waals surface area (Å²) in [6.45, 7) is 6.80. The Balaban J connectivity index is 2.57. The van der Waals surface area contributed by atoms with Gasteiger partial charge in [-0.2, -0.15) is 0 Å². The van der Waals surface area contributed by atoms with Crippen molar-refractivity contribution in [1.29, 1.82) is 0 Å². The van der Waals surface area contributed by atoms with Crippen molar-refractivity contribution < 1.29 is 0 Å². The molecule has 15 heavy (non-hydrogen) atoms. The summed E-state index contributed by atoms with van der Waals surface area (Å²) in [5, 5.41) is 4.37. The van der Waals surface area contributed by atoms with Crippen molar-refractivity contribution >= 4 is 43.1 Å². The van der Waals surface area contributed by atoms with Gasteiger partial charge in [0.1, 0.15) is 0 Å². The minimum Gasteiger partial charge on any atom is -0.334 e. The molecule has 0 aromatic carbocycles. The molecule has 0 saturated heterocycles. The zero-order chi connectivity index (χ0) is 10.6. The van der Waals surface area contributed by atoms with Gasteiger partial charge < -0.3 is 4.57 Å². The van der Waals surface area contributed by atoms with Crippen LogP contribution in [0, 0.1) is 0 Å². The first kappa shape index (κ1) is 9.43. The molecule has 0 aliphatic heterocycles. The number of hydrogen-bond acceptors (Lipinski definition) is 2. The molecule has 3 heteroatoms. The first-order chi connectivity index (χ1) is 7.09. The molecule has 0 aliphatic rings. The van der Waals surface area contributed by atoms with Crippen molar-refractivity contribution in [2.75, 3.05) is 0 Å². The van der Waals surface area contributed by atoms with E-state index in [-0.39, 0.29) is 5.54 Å². The quantitative estimate of drug-likeness (QED) is 0.533. The van der Waals surface area contributed by atoms with Crippen LogP contribution in [0.3, 0.4) is 0 Å². The maximum Gasteiger partial charge on any atom is 0.0701 e. The third kappa shape index (κ3) is 1.20. The van der Waals surface area contributed by atoms with Gasteiger partial charge >= 0.3 is 0 Å². The second-order valence-electron chi connectivity index (χ2n) is 4.78. The minimum absolute atomic E-state index is 0.155. The monoisotopic (exact) mass is 235 g/mol. The maximum atomic E-state index is 2.45. The Bertz CT molecular complexity index is 571. The molecule has 0 saturated carbocycles. The molecule has 0 spiro atoms.